The van der Waals surface area contributed by atoms with Crippen LogP contribution in [0.15, 0.2) is 72.8 Å². The molecule has 1 heterocycles. The third-order valence-electron chi connectivity index (χ3n) is 5.68. The van der Waals surface area contributed by atoms with Crippen molar-refractivity contribution in [3.05, 3.63) is 94.5 Å². The lowest BCUT2D eigenvalue weighted by Gasteiger charge is -2.26. The predicted octanol–water partition coefficient (Wildman–Crippen LogP) is 4.31. The van der Waals surface area contributed by atoms with E-state index in [0.717, 1.165) is 16.9 Å². The van der Waals surface area contributed by atoms with Crippen LogP contribution in [0.1, 0.15) is 27.5 Å². The monoisotopic (exact) mass is 463 g/mol. The zero-order chi connectivity index (χ0) is 23.4. The van der Waals surface area contributed by atoms with Crippen LogP contribution in [0.3, 0.4) is 0 Å². The van der Waals surface area contributed by atoms with E-state index in [4.69, 9.17) is 16.3 Å². The molecular formula is C26H26ClN3O3. The second-order valence-electron chi connectivity index (χ2n) is 8.20. The predicted molar refractivity (Wildman–Crippen MR) is 130 cm³/mol. The summed E-state index contributed by atoms with van der Waals surface area (Å²) in [5.41, 5.74) is 2.96. The molecule has 170 valence electrons. The number of rotatable bonds is 7. The number of anilines is 1. The Bertz CT molecular complexity index is 1140. The molecule has 0 bridgehead atoms. The molecule has 2 atom stereocenters. The lowest BCUT2D eigenvalue weighted by Crippen LogP contribution is -2.35. The lowest BCUT2D eigenvalue weighted by atomic mass is 10.1. The summed E-state index contributed by atoms with van der Waals surface area (Å²) in [5.74, 6) is 0.268. The van der Waals surface area contributed by atoms with Crippen molar-refractivity contribution in [3.63, 3.8) is 0 Å². The van der Waals surface area contributed by atoms with Crippen LogP contribution in [-0.2, 0) is 11.2 Å². The second-order valence-corrected chi connectivity index (χ2v) is 8.61. The van der Waals surface area contributed by atoms with Gasteiger partial charge in [-0.1, -0.05) is 54.1 Å². The number of likely N-dealkylation sites (N-methyl/N-ethyl adjacent to an activating group) is 1. The third kappa shape index (κ3) is 5.35. The molecule has 0 saturated carbocycles. The molecule has 0 aliphatic carbocycles. The number of carbonyl (C=O) groups is 2. The number of benzene rings is 3. The molecule has 3 aromatic rings. The summed E-state index contributed by atoms with van der Waals surface area (Å²) in [7, 11) is 3.89. The molecule has 2 amide bonds. The minimum atomic E-state index is -0.587. The Labute approximate surface area is 198 Å². The van der Waals surface area contributed by atoms with Gasteiger partial charge in [0.25, 0.3) is 11.8 Å². The number of fused-ring (bicyclic) bond motifs is 1. The van der Waals surface area contributed by atoms with Crippen molar-refractivity contribution in [1.82, 2.24) is 10.2 Å². The van der Waals surface area contributed by atoms with Gasteiger partial charge in [0.15, 0.2) is 6.10 Å². The van der Waals surface area contributed by atoms with Crippen molar-refractivity contribution in [2.24, 2.45) is 0 Å². The fourth-order valence-corrected chi connectivity index (χ4v) is 4.16. The highest BCUT2D eigenvalue weighted by Gasteiger charge is 2.29. The molecule has 7 heteroatoms. The van der Waals surface area contributed by atoms with Gasteiger partial charge in [-0.3, -0.25) is 9.59 Å². The summed E-state index contributed by atoms with van der Waals surface area (Å²) >= 11 is 6.36. The van der Waals surface area contributed by atoms with Crippen LogP contribution in [0.5, 0.6) is 5.75 Å². The Morgan fingerprint density at radius 3 is 2.58 bits per heavy atom. The summed E-state index contributed by atoms with van der Waals surface area (Å²) in [6.07, 6.45) is -0.0627. The van der Waals surface area contributed by atoms with Gasteiger partial charge in [0.2, 0.25) is 0 Å². The molecule has 3 aromatic carbocycles. The Kier molecular flexibility index (Phi) is 6.96. The molecule has 0 saturated heterocycles. The third-order valence-corrected chi connectivity index (χ3v) is 6.02. The maximum Gasteiger partial charge on any atom is 0.265 e. The highest BCUT2D eigenvalue weighted by molar-refractivity contribution is 6.31. The van der Waals surface area contributed by atoms with E-state index in [-0.39, 0.29) is 17.9 Å². The first kappa shape index (κ1) is 22.8. The Morgan fingerprint density at radius 2 is 1.82 bits per heavy atom. The van der Waals surface area contributed by atoms with Crippen molar-refractivity contribution in [2.45, 2.75) is 18.6 Å². The number of nitrogens with zero attached hydrogens (tertiary/aromatic N) is 1. The SMILES string of the molecule is CN(C)C(CNC(=O)c1cccc(NC(=O)C2Cc3ccccc3O2)c1)c1ccccc1Cl. The van der Waals surface area contributed by atoms with Crippen LogP contribution in [0.25, 0.3) is 0 Å². The quantitative estimate of drug-likeness (QED) is 0.547. The summed E-state index contributed by atoms with van der Waals surface area (Å²) < 4.78 is 5.75. The molecule has 0 fully saturated rings. The topological polar surface area (TPSA) is 70.7 Å². The van der Waals surface area contributed by atoms with Gasteiger partial charge >= 0.3 is 0 Å². The van der Waals surface area contributed by atoms with E-state index in [9.17, 15) is 9.59 Å². The molecule has 33 heavy (non-hydrogen) atoms. The molecular weight excluding hydrogens is 438 g/mol. The van der Waals surface area contributed by atoms with Crippen LogP contribution in [0.2, 0.25) is 5.02 Å². The van der Waals surface area contributed by atoms with Crippen molar-refractivity contribution in [2.75, 3.05) is 26.0 Å². The van der Waals surface area contributed by atoms with Gasteiger partial charge in [-0.15, -0.1) is 0 Å². The summed E-state index contributed by atoms with van der Waals surface area (Å²) in [5, 5.41) is 6.50. The number of hydrogen-bond acceptors (Lipinski definition) is 4. The van der Waals surface area contributed by atoms with E-state index in [1.807, 2.05) is 67.5 Å². The minimum absolute atomic E-state index is 0.0771. The van der Waals surface area contributed by atoms with Gasteiger partial charge < -0.3 is 20.3 Å². The van der Waals surface area contributed by atoms with E-state index in [1.54, 1.807) is 24.3 Å². The van der Waals surface area contributed by atoms with Crippen LogP contribution < -0.4 is 15.4 Å². The highest BCUT2D eigenvalue weighted by Crippen LogP contribution is 2.29. The molecule has 0 radical (unpaired) electrons. The van der Waals surface area contributed by atoms with Gasteiger partial charge in [0, 0.05) is 29.2 Å². The first-order valence-electron chi connectivity index (χ1n) is 10.8. The number of hydrogen-bond donors (Lipinski definition) is 2. The van der Waals surface area contributed by atoms with E-state index in [2.05, 4.69) is 10.6 Å². The molecule has 4 rings (SSSR count). The highest BCUT2D eigenvalue weighted by atomic mass is 35.5. The smallest absolute Gasteiger partial charge is 0.265 e. The van der Waals surface area contributed by atoms with Gasteiger partial charge in [-0.25, -0.2) is 0 Å². The first-order chi connectivity index (χ1) is 15.9. The number of nitrogens with one attached hydrogen (secondary N) is 2. The van der Waals surface area contributed by atoms with Crippen molar-refractivity contribution in [1.29, 1.82) is 0 Å². The number of amides is 2. The van der Waals surface area contributed by atoms with E-state index < -0.39 is 6.10 Å². The number of para-hydroxylation sites is 1. The van der Waals surface area contributed by atoms with Crippen molar-refractivity contribution in [3.8, 4) is 5.75 Å². The molecule has 1 aliphatic rings. The van der Waals surface area contributed by atoms with Gasteiger partial charge in [0.05, 0.1) is 6.04 Å². The first-order valence-corrected chi connectivity index (χ1v) is 11.1. The maximum absolute atomic E-state index is 12.8. The summed E-state index contributed by atoms with van der Waals surface area (Å²) in [6.45, 7) is 0.389. The van der Waals surface area contributed by atoms with Crippen LogP contribution in [0.4, 0.5) is 5.69 Å². The van der Waals surface area contributed by atoms with E-state index >= 15 is 0 Å². The van der Waals surface area contributed by atoms with Crippen molar-refractivity contribution >= 4 is 29.1 Å². The van der Waals surface area contributed by atoms with Crippen LogP contribution in [-0.4, -0.2) is 43.5 Å². The van der Waals surface area contributed by atoms with Crippen molar-refractivity contribution < 1.29 is 14.3 Å². The minimum Gasteiger partial charge on any atom is -0.480 e. The normalized spacial score (nSPS) is 15.5. The van der Waals surface area contributed by atoms with E-state index in [1.165, 1.54) is 0 Å². The number of ether oxygens (including phenoxy) is 1. The van der Waals surface area contributed by atoms with Crippen LogP contribution >= 0.6 is 11.6 Å². The average Bonchev–Trinajstić information content (AvgIpc) is 3.25. The number of halogens is 1. The summed E-state index contributed by atoms with van der Waals surface area (Å²) in [6, 6.07) is 22.0. The molecule has 1 aliphatic heterocycles. The zero-order valence-electron chi connectivity index (χ0n) is 18.5. The van der Waals surface area contributed by atoms with Gasteiger partial charge in [-0.05, 0) is 55.6 Å². The molecule has 2 unspecified atom stereocenters. The fourth-order valence-electron chi connectivity index (χ4n) is 3.90. The standard InChI is InChI=1S/C26H26ClN3O3/c1-30(2)22(20-11-4-5-12-21(20)27)16-28-25(31)18-9-7-10-19(14-18)29-26(32)24-15-17-8-3-6-13-23(17)33-24/h3-14,22,24H,15-16H2,1-2H3,(H,28,31)(H,29,32). The van der Waals surface area contributed by atoms with E-state index in [0.29, 0.717) is 29.2 Å². The fraction of sp³-hybridized carbons (Fsp3) is 0.231. The second kappa shape index (κ2) is 10.1. The van der Waals surface area contributed by atoms with Gasteiger partial charge in [-0.2, -0.15) is 0 Å². The largest absolute Gasteiger partial charge is 0.480 e. The molecule has 0 spiro atoms. The summed E-state index contributed by atoms with van der Waals surface area (Å²) in [4.78, 5) is 27.5. The Balaban J connectivity index is 1.38. The maximum atomic E-state index is 12.8. The molecule has 2 N–H and O–H groups in total. The zero-order valence-corrected chi connectivity index (χ0v) is 19.3. The lowest BCUT2D eigenvalue weighted by molar-refractivity contribution is -0.122. The Morgan fingerprint density at radius 1 is 1.06 bits per heavy atom. The Hall–Kier alpha value is -3.35. The molecule has 6 nitrogen and oxygen atoms in total. The van der Waals surface area contributed by atoms with Gasteiger partial charge in [0.1, 0.15) is 5.75 Å². The molecule has 0 aromatic heterocycles. The average molecular weight is 464 g/mol. The van der Waals surface area contributed by atoms with Crippen LogP contribution in [0, 0.1) is 0 Å². The number of carbonyl (C=O) groups excluding carboxylic acids is 2.